The van der Waals surface area contributed by atoms with E-state index in [1.807, 2.05) is 18.2 Å². The number of fused-ring (bicyclic) bond motifs is 1. The average Bonchev–Trinajstić information content (AvgIpc) is 2.77. The fourth-order valence-corrected chi connectivity index (χ4v) is 3.74. The van der Waals surface area contributed by atoms with Crippen molar-refractivity contribution in [2.45, 2.75) is 4.34 Å². The number of rotatable bonds is 5. The Morgan fingerprint density at radius 1 is 1.45 bits per heavy atom. The molecule has 0 aliphatic carbocycles. The summed E-state index contributed by atoms with van der Waals surface area (Å²) in [5.41, 5.74) is 1.01. The van der Waals surface area contributed by atoms with Crippen molar-refractivity contribution in [2.75, 3.05) is 25.4 Å². The van der Waals surface area contributed by atoms with Crippen LogP contribution in [-0.4, -0.2) is 36.3 Å². The quantitative estimate of drug-likeness (QED) is 0.825. The van der Waals surface area contributed by atoms with Crippen molar-refractivity contribution in [1.29, 1.82) is 0 Å². The van der Waals surface area contributed by atoms with Gasteiger partial charge in [-0.25, -0.2) is 4.98 Å². The molecule has 0 atom stereocenters. The van der Waals surface area contributed by atoms with Crippen LogP contribution in [0, 0.1) is 5.92 Å². The van der Waals surface area contributed by atoms with Gasteiger partial charge in [0.15, 0.2) is 4.34 Å². The van der Waals surface area contributed by atoms with Gasteiger partial charge in [0, 0.05) is 25.6 Å². The molecule has 1 saturated heterocycles. The minimum Gasteiger partial charge on any atom is -0.355 e. The Morgan fingerprint density at radius 2 is 2.25 bits per heavy atom. The molecule has 0 saturated carbocycles. The van der Waals surface area contributed by atoms with Crippen LogP contribution in [0.2, 0.25) is 0 Å². The van der Waals surface area contributed by atoms with Gasteiger partial charge in [-0.05, 0) is 12.1 Å². The monoisotopic (exact) mass is 329 g/mol. The third-order valence-corrected chi connectivity index (χ3v) is 5.23. The Kier molecular flexibility index (Phi) is 5.65. The lowest BCUT2D eigenvalue weighted by molar-refractivity contribution is -0.118. The van der Waals surface area contributed by atoms with Crippen molar-refractivity contribution in [3.05, 3.63) is 24.3 Å². The molecule has 2 N–H and O–H groups in total. The average molecular weight is 330 g/mol. The molecular weight excluding hydrogens is 314 g/mol. The number of nitrogens with zero attached hydrogens (tertiary/aromatic N) is 1. The van der Waals surface area contributed by atoms with Gasteiger partial charge in [-0.1, -0.05) is 23.9 Å². The Hall–Kier alpha value is -0.820. The summed E-state index contributed by atoms with van der Waals surface area (Å²) in [7, 11) is 0. The summed E-state index contributed by atoms with van der Waals surface area (Å²) < 4.78 is 2.13. The molecule has 0 spiro atoms. The van der Waals surface area contributed by atoms with Gasteiger partial charge in [-0.2, -0.15) is 0 Å². The summed E-state index contributed by atoms with van der Waals surface area (Å²) in [6.45, 7) is 2.82. The number of aromatic nitrogens is 1. The van der Waals surface area contributed by atoms with Crippen LogP contribution >= 0.6 is 35.5 Å². The molecule has 1 aromatic carbocycles. The molecule has 4 nitrogen and oxygen atoms in total. The Labute approximate surface area is 132 Å². The summed E-state index contributed by atoms with van der Waals surface area (Å²) in [5.74, 6) is 1.15. The summed E-state index contributed by atoms with van der Waals surface area (Å²) in [6.07, 6.45) is 0. The number of thiazole rings is 1. The van der Waals surface area contributed by atoms with E-state index in [2.05, 4.69) is 21.7 Å². The molecule has 20 heavy (non-hydrogen) atoms. The van der Waals surface area contributed by atoms with E-state index < -0.39 is 0 Å². The molecule has 0 radical (unpaired) electrons. The summed E-state index contributed by atoms with van der Waals surface area (Å²) in [4.78, 5) is 16.2. The van der Waals surface area contributed by atoms with Gasteiger partial charge in [0.05, 0.1) is 16.0 Å². The first-order valence-electron chi connectivity index (χ1n) is 6.27. The number of hydrogen-bond acceptors (Lipinski definition) is 5. The van der Waals surface area contributed by atoms with E-state index >= 15 is 0 Å². The van der Waals surface area contributed by atoms with E-state index in [1.165, 1.54) is 16.5 Å². The summed E-state index contributed by atoms with van der Waals surface area (Å²) >= 11 is 3.15. The zero-order chi connectivity index (χ0) is 13.1. The van der Waals surface area contributed by atoms with E-state index in [1.54, 1.807) is 11.3 Å². The number of thioether (sulfide) groups is 1. The maximum atomic E-state index is 11.7. The van der Waals surface area contributed by atoms with Crippen LogP contribution in [0.15, 0.2) is 28.6 Å². The van der Waals surface area contributed by atoms with E-state index in [0.717, 1.165) is 29.5 Å². The highest BCUT2D eigenvalue weighted by Gasteiger charge is 2.17. The number of carbonyl (C=O) groups excluding carboxylic acids is 1. The van der Waals surface area contributed by atoms with Gasteiger partial charge >= 0.3 is 0 Å². The minimum absolute atomic E-state index is 0. The summed E-state index contributed by atoms with van der Waals surface area (Å²) in [5, 5.41) is 6.16. The summed E-state index contributed by atoms with van der Waals surface area (Å²) in [6, 6.07) is 8.05. The number of hydrogen-bond donors (Lipinski definition) is 2. The van der Waals surface area contributed by atoms with E-state index in [4.69, 9.17) is 0 Å². The lowest BCUT2D eigenvalue weighted by atomic mass is 10.0. The highest BCUT2D eigenvalue weighted by molar-refractivity contribution is 8.01. The zero-order valence-corrected chi connectivity index (χ0v) is 13.2. The van der Waals surface area contributed by atoms with Crippen molar-refractivity contribution in [1.82, 2.24) is 15.6 Å². The first-order chi connectivity index (χ1) is 9.31. The van der Waals surface area contributed by atoms with Crippen molar-refractivity contribution >= 4 is 51.6 Å². The molecule has 2 aromatic rings. The third-order valence-electron chi connectivity index (χ3n) is 3.05. The molecule has 0 bridgehead atoms. The molecule has 1 aliphatic heterocycles. The highest BCUT2D eigenvalue weighted by atomic mass is 35.5. The van der Waals surface area contributed by atoms with Crippen LogP contribution in [-0.2, 0) is 4.79 Å². The Bertz CT molecular complexity index is 553. The molecule has 1 fully saturated rings. The van der Waals surface area contributed by atoms with Crippen molar-refractivity contribution in [3.8, 4) is 0 Å². The number of amides is 1. The van der Waals surface area contributed by atoms with Crippen molar-refractivity contribution < 1.29 is 4.79 Å². The Balaban J connectivity index is 0.00000147. The van der Waals surface area contributed by atoms with Crippen LogP contribution in [0.25, 0.3) is 10.2 Å². The molecule has 0 unspecified atom stereocenters. The van der Waals surface area contributed by atoms with Crippen molar-refractivity contribution in [3.63, 3.8) is 0 Å². The predicted octanol–water partition coefficient (Wildman–Crippen LogP) is 2.15. The fourth-order valence-electron chi connectivity index (χ4n) is 1.84. The molecule has 1 aliphatic rings. The normalized spacial score (nSPS) is 14.6. The fraction of sp³-hybridized carbons (Fsp3) is 0.385. The van der Waals surface area contributed by atoms with Gasteiger partial charge in [0.25, 0.3) is 0 Å². The van der Waals surface area contributed by atoms with E-state index in [-0.39, 0.29) is 18.3 Å². The second-order valence-electron chi connectivity index (χ2n) is 4.56. The molecule has 3 rings (SSSR count). The van der Waals surface area contributed by atoms with Crippen LogP contribution in [0.3, 0.4) is 0 Å². The predicted molar refractivity (Wildman–Crippen MR) is 87.0 cm³/mol. The van der Waals surface area contributed by atoms with Crippen LogP contribution < -0.4 is 10.6 Å². The maximum absolute atomic E-state index is 11.7. The SMILES string of the molecule is Cl.O=C(CSc1nc2ccccc2s1)NCC1CNC1. The standard InChI is InChI=1S/C13H15N3OS2.ClH/c17-12(15-7-9-5-14-6-9)8-18-13-16-10-3-1-2-4-11(10)19-13;/h1-4,9,14H,5-8H2,(H,15,17);1H. The first-order valence-corrected chi connectivity index (χ1v) is 8.07. The second-order valence-corrected chi connectivity index (χ2v) is 6.82. The van der Waals surface area contributed by atoms with Crippen LogP contribution in [0.5, 0.6) is 0 Å². The van der Waals surface area contributed by atoms with Crippen LogP contribution in [0.4, 0.5) is 0 Å². The molecule has 7 heteroatoms. The third kappa shape index (κ3) is 3.85. The molecule has 108 valence electrons. The number of nitrogens with one attached hydrogen (secondary N) is 2. The van der Waals surface area contributed by atoms with Gasteiger partial charge in [-0.15, -0.1) is 23.7 Å². The van der Waals surface area contributed by atoms with Gasteiger partial charge in [-0.3, -0.25) is 4.79 Å². The molecule has 1 amide bonds. The maximum Gasteiger partial charge on any atom is 0.230 e. The van der Waals surface area contributed by atoms with Gasteiger partial charge in [0.1, 0.15) is 0 Å². The largest absolute Gasteiger partial charge is 0.355 e. The lowest BCUT2D eigenvalue weighted by Gasteiger charge is -2.26. The number of carbonyl (C=O) groups is 1. The van der Waals surface area contributed by atoms with E-state index in [9.17, 15) is 4.79 Å². The smallest absolute Gasteiger partial charge is 0.230 e. The van der Waals surface area contributed by atoms with Crippen LogP contribution in [0.1, 0.15) is 0 Å². The topological polar surface area (TPSA) is 54.0 Å². The number of benzene rings is 1. The van der Waals surface area contributed by atoms with Crippen molar-refractivity contribution in [2.24, 2.45) is 5.92 Å². The number of para-hydroxylation sites is 1. The zero-order valence-electron chi connectivity index (χ0n) is 10.8. The van der Waals surface area contributed by atoms with Gasteiger partial charge in [0.2, 0.25) is 5.91 Å². The minimum atomic E-state index is 0. The Morgan fingerprint density at radius 3 is 2.95 bits per heavy atom. The molecule has 2 heterocycles. The first kappa shape index (κ1) is 15.6. The lowest BCUT2D eigenvalue weighted by Crippen LogP contribution is -2.48. The van der Waals surface area contributed by atoms with Gasteiger partial charge < -0.3 is 10.6 Å². The van der Waals surface area contributed by atoms with E-state index in [0.29, 0.717) is 11.7 Å². The number of halogens is 1. The molecular formula is C13H16ClN3OS2. The second kappa shape index (κ2) is 7.26. The highest BCUT2D eigenvalue weighted by Crippen LogP contribution is 2.28. The molecule has 1 aromatic heterocycles.